The molecule has 13 nitrogen and oxygen atoms in total. The summed E-state index contributed by atoms with van der Waals surface area (Å²) in [5.74, 6) is 15.6. The molecule has 0 aromatic carbocycles. The third kappa shape index (κ3) is 13.0. The van der Waals surface area contributed by atoms with Gasteiger partial charge < -0.3 is 35.1 Å². The van der Waals surface area contributed by atoms with Crippen molar-refractivity contribution in [3.05, 3.63) is 55.6 Å². The van der Waals surface area contributed by atoms with E-state index in [0.717, 1.165) is 141 Å². The van der Waals surface area contributed by atoms with Crippen molar-refractivity contribution in [1.29, 1.82) is 0 Å². The predicted molar refractivity (Wildman–Crippen MR) is 324 cm³/mol. The van der Waals surface area contributed by atoms with E-state index in [0.29, 0.717) is 34.0 Å². The first-order valence-electron chi connectivity index (χ1n) is 33.6. The highest BCUT2D eigenvalue weighted by Crippen LogP contribution is 2.59. The maximum atomic E-state index is 5.61. The second-order valence-electron chi connectivity index (χ2n) is 32.2. The molecule has 82 heavy (non-hydrogen) atoms. The van der Waals surface area contributed by atoms with Gasteiger partial charge in [-0.05, 0) is 251 Å². The van der Waals surface area contributed by atoms with Crippen molar-refractivity contribution in [2.45, 2.75) is 275 Å². The number of ether oxygens (including phenoxy) is 1. The summed E-state index contributed by atoms with van der Waals surface area (Å²) < 4.78 is 16.4. The summed E-state index contributed by atoms with van der Waals surface area (Å²) in [6.45, 7) is 17.6. The van der Waals surface area contributed by atoms with Crippen LogP contribution in [0.2, 0.25) is 0 Å². The first-order chi connectivity index (χ1) is 39.5. The lowest BCUT2D eigenvalue weighted by molar-refractivity contribution is -0.0211. The molecule has 16 bridgehead atoms. The van der Waals surface area contributed by atoms with Crippen molar-refractivity contribution in [1.82, 2.24) is 51.5 Å². The van der Waals surface area contributed by atoms with Crippen LogP contribution in [0.1, 0.15) is 251 Å². The fourth-order valence-corrected chi connectivity index (χ4v) is 23.3. The Balaban J connectivity index is 0.0000000981. The summed E-state index contributed by atoms with van der Waals surface area (Å²) in [4.78, 5) is 20.9. The van der Waals surface area contributed by atoms with Gasteiger partial charge in [0.2, 0.25) is 5.89 Å². The molecule has 1 atom stereocenters. The number of rotatable bonds is 15. The van der Waals surface area contributed by atoms with E-state index >= 15 is 0 Å². The van der Waals surface area contributed by atoms with Crippen LogP contribution < -0.4 is 21.3 Å². The molecule has 0 amide bonds. The maximum absolute atomic E-state index is 5.61. The monoisotopic (exact) mass is 1160 g/mol. The van der Waals surface area contributed by atoms with E-state index in [1.165, 1.54) is 174 Å². The van der Waals surface area contributed by atoms with E-state index in [9.17, 15) is 0 Å². The zero-order chi connectivity index (χ0) is 55.8. The summed E-state index contributed by atoms with van der Waals surface area (Å²) in [5, 5.41) is 26.3. The molecule has 17 aliphatic rings. The Morgan fingerprint density at radius 1 is 0.512 bits per heavy atom. The molecule has 0 spiro atoms. The fourth-order valence-electron chi connectivity index (χ4n) is 21.7. The quantitative estimate of drug-likeness (QED) is 0.0891. The van der Waals surface area contributed by atoms with Crippen molar-refractivity contribution >= 4 is 22.7 Å². The van der Waals surface area contributed by atoms with Gasteiger partial charge in [-0.25, -0.2) is 9.97 Å². The van der Waals surface area contributed by atoms with Crippen molar-refractivity contribution in [3.63, 3.8) is 0 Å². The minimum absolute atomic E-state index is 0.0285. The van der Waals surface area contributed by atoms with Gasteiger partial charge in [-0.2, -0.15) is 9.97 Å². The highest BCUT2D eigenvalue weighted by molar-refractivity contribution is 7.11. The number of aryl methyl sites for hydroxylation is 1. The topological polar surface area (TPSA) is 161 Å². The average Bonchev–Trinajstić information content (AvgIpc) is 4.46. The SMILES string of the molecule is C1COC(c2nc(CNC34CC5CC(CC(C5)C3)C4)no2)C1.CC(C)(C)c1ncc(CNC23CC4CC(CC(C4)C2)C3)s1.CC(C)Cc1nc(CNC23CC4CC(CC(C4)C2)C3)no1.Cc1ncc(CNC23CC4CC(CC(C4)C2)C3)s1. The molecule has 1 unspecified atom stereocenters. The van der Waals surface area contributed by atoms with E-state index < -0.39 is 0 Å². The summed E-state index contributed by atoms with van der Waals surface area (Å²) in [7, 11) is 0. The highest BCUT2D eigenvalue weighted by Gasteiger charge is 2.54. The van der Waals surface area contributed by atoms with E-state index in [2.05, 4.69) is 99.3 Å². The largest absolute Gasteiger partial charge is 0.368 e. The molecule has 21 rings (SSSR count). The Morgan fingerprint density at radius 2 is 0.890 bits per heavy atom. The zero-order valence-corrected chi connectivity index (χ0v) is 52.7. The number of nitrogens with zero attached hydrogens (tertiary/aromatic N) is 6. The van der Waals surface area contributed by atoms with Crippen LogP contribution in [0.25, 0.3) is 0 Å². The summed E-state index contributed by atoms with van der Waals surface area (Å²) >= 11 is 3.74. The molecule has 5 heterocycles. The van der Waals surface area contributed by atoms with Crippen LogP contribution in [0.5, 0.6) is 0 Å². The first kappa shape index (κ1) is 57.1. The number of nitrogens with one attached hydrogen (secondary N) is 4. The van der Waals surface area contributed by atoms with Gasteiger partial charge in [-0.15, -0.1) is 22.7 Å². The van der Waals surface area contributed by atoms with Gasteiger partial charge in [-0.1, -0.05) is 44.9 Å². The Hall–Kier alpha value is -2.66. The molecular weight excluding hydrogens is 1060 g/mol. The molecule has 4 N–H and O–H groups in total. The lowest BCUT2D eigenvalue weighted by Crippen LogP contribution is -2.58. The van der Waals surface area contributed by atoms with Crippen molar-refractivity contribution < 1.29 is 13.8 Å². The Bertz CT molecular complexity index is 2640. The Morgan fingerprint density at radius 3 is 1.24 bits per heavy atom. The third-order valence-electron chi connectivity index (χ3n) is 23.3. The second-order valence-corrected chi connectivity index (χ2v) is 34.6. The molecule has 4 aromatic rings. The van der Waals surface area contributed by atoms with Crippen LogP contribution in [0, 0.1) is 83.9 Å². The maximum Gasteiger partial charge on any atom is 0.255 e. The van der Waals surface area contributed by atoms with Gasteiger partial charge in [0.05, 0.1) is 23.1 Å². The van der Waals surface area contributed by atoms with Gasteiger partial charge in [0.25, 0.3) is 5.89 Å². The minimum atomic E-state index is 0.0285. The summed E-state index contributed by atoms with van der Waals surface area (Å²) in [5.41, 5.74) is 1.89. The van der Waals surface area contributed by atoms with Crippen LogP contribution in [0.15, 0.2) is 21.4 Å². The molecule has 1 saturated heterocycles. The van der Waals surface area contributed by atoms with Gasteiger partial charge in [0.1, 0.15) is 6.10 Å². The smallest absolute Gasteiger partial charge is 0.255 e. The minimum Gasteiger partial charge on any atom is -0.368 e. The van der Waals surface area contributed by atoms with Crippen LogP contribution in [0.4, 0.5) is 0 Å². The van der Waals surface area contributed by atoms with Crippen LogP contribution in [-0.2, 0) is 42.8 Å². The standard InChI is InChI=1S/C18H28N2S.C17H25N3O2.C17H27N3O.C15H22N2S/c1-17(2,3)16-19-10-15(21-16)11-20-18-7-12-4-13(8-18)6-14(5-12)9-18;1-2-14(21-3-1)16-19-15(20-22-16)10-18-17-7-11-4-12(8-17)6-13(5-11)9-17;1-11(2)3-16-19-15(20-21-16)10-18-17-7-12-4-13(8-17)6-14(5-12)9-17;1-10-16-8-14(18-10)9-17-15-5-11-2-12(6-15)4-13(3-11)7-15/h10,12-14,20H,4-9,11H2,1-3H3;11-14,18H,1-10H2;11-14,18H,3-10H2,1-2H3;8,11-13,17H,2-7,9H2,1H3. The molecule has 1 aliphatic heterocycles. The molecule has 4 aromatic heterocycles. The van der Waals surface area contributed by atoms with E-state index in [-0.39, 0.29) is 11.5 Å². The average molecular weight is 1160 g/mol. The predicted octanol–water partition coefficient (Wildman–Crippen LogP) is 14.3. The molecule has 17 fully saturated rings. The molecule has 450 valence electrons. The zero-order valence-electron chi connectivity index (χ0n) is 51.1. The lowest BCUT2D eigenvalue weighted by atomic mass is 9.53. The van der Waals surface area contributed by atoms with Gasteiger partial charge >= 0.3 is 0 Å². The van der Waals surface area contributed by atoms with Crippen molar-refractivity contribution in [2.24, 2.45) is 76.9 Å². The van der Waals surface area contributed by atoms with E-state index in [4.69, 9.17) is 13.8 Å². The molecule has 15 heteroatoms. The van der Waals surface area contributed by atoms with Crippen LogP contribution >= 0.6 is 22.7 Å². The molecule has 16 aliphatic carbocycles. The normalized spacial score (nSPS) is 40.1. The van der Waals surface area contributed by atoms with Gasteiger partial charge in [-0.3, -0.25) is 0 Å². The van der Waals surface area contributed by atoms with Crippen molar-refractivity contribution in [2.75, 3.05) is 6.61 Å². The van der Waals surface area contributed by atoms with Gasteiger partial charge in [0, 0.05) is 75.8 Å². The van der Waals surface area contributed by atoms with Crippen LogP contribution in [-0.4, -0.2) is 59.0 Å². The number of thiazole rings is 2. The molecule has 0 radical (unpaired) electrons. The second kappa shape index (κ2) is 23.1. The lowest BCUT2D eigenvalue weighted by Gasteiger charge is -2.57. The van der Waals surface area contributed by atoms with E-state index in [1.54, 1.807) is 0 Å². The fraction of sp³-hybridized carbons (Fsp3) is 0.851. The third-order valence-corrected chi connectivity index (χ3v) is 25.7. The Labute approximate surface area is 499 Å². The Kier molecular flexibility index (Phi) is 16.1. The van der Waals surface area contributed by atoms with Gasteiger partial charge in [0.15, 0.2) is 11.6 Å². The number of aromatic nitrogens is 6. The first-order valence-corrected chi connectivity index (χ1v) is 35.3. The molecular formula is C67H102N10O3S2. The summed E-state index contributed by atoms with van der Waals surface area (Å²) in [6.07, 6.45) is 42.0. The molecule has 16 saturated carbocycles. The number of hydrogen-bond acceptors (Lipinski definition) is 15. The summed E-state index contributed by atoms with van der Waals surface area (Å²) in [6, 6.07) is 0. The van der Waals surface area contributed by atoms with E-state index in [1.807, 2.05) is 28.9 Å². The van der Waals surface area contributed by atoms with Crippen molar-refractivity contribution in [3.8, 4) is 0 Å². The number of hydrogen-bond donors (Lipinski definition) is 4. The highest BCUT2D eigenvalue weighted by atomic mass is 32.1. The van der Waals surface area contributed by atoms with Crippen LogP contribution in [0.3, 0.4) is 0 Å².